The summed E-state index contributed by atoms with van der Waals surface area (Å²) in [5, 5.41) is 4.91. The van der Waals surface area contributed by atoms with Crippen LogP contribution in [-0.4, -0.2) is 28.9 Å². The number of hydrogen-bond acceptors (Lipinski definition) is 5. The van der Waals surface area contributed by atoms with Crippen molar-refractivity contribution >= 4 is 22.9 Å². The number of nitrogens with one attached hydrogen (secondary N) is 1. The van der Waals surface area contributed by atoms with Gasteiger partial charge in [0.2, 0.25) is 5.91 Å². The Morgan fingerprint density at radius 3 is 2.79 bits per heavy atom. The molecule has 9 heteroatoms. The molecule has 2 aromatic heterocycles. The van der Waals surface area contributed by atoms with Gasteiger partial charge in [-0.15, -0.1) is 11.3 Å². The van der Waals surface area contributed by atoms with Crippen LogP contribution < -0.4 is 5.32 Å². The zero-order chi connectivity index (χ0) is 20.1. The first-order valence-corrected chi connectivity index (χ1v) is 9.50. The Balaban J connectivity index is 1.64. The van der Waals surface area contributed by atoms with Crippen LogP contribution in [0.4, 0.5) is 18.9 Å². The second kappa shape index (κ2) is 9.03. The van der Waals surface area contributed by atoms with Crippen LogP contribution in [0.25, 0.3) is 10.8 Å². The molecule has 0 radical (unpaired) electrons. The largest absolute Gasteiger partial charge is 0.462 e. The molecule has 0 spiro atoms. The Bertz CT molecular complexity index is 944. The molecule has 2 heterocycles. The van der Waals surface area contributed by atoms with E-state index in [4.69, 9.17) is 4.42 Å². The van der Waals surface area contributed by atoms with Gasteiger partial charge in [0.25, 0.3) is 0 Å². The van der Waals surface area contributed by atoms with Crippen molar-refractivity contribution in [1.29, 1.82) is 0 Å². The van der Waals surface area contributed by atoms with Gasteiger partial charge in [-0.25, -0.2) is 18.2 Å². The Morgan fingerprint density at radius 2 is 2.07 bits per heavy atom. The average Bonchev–Trinajstić information content (AvgIpc) is 3.34. The lowest BCUT2D eigenvalue weighted by Crippen LogP contribution is -2.33. The molecule has 3 aromatic rings. The second-order valence-electron chi connectivity index (χ2n) is 6.10. The minimum Gasteiger partial charge on any atom is -0.462 e. The average molecular weight is 409 g/mol. The molecule has 0 fully saturated rings. The monoisotopic (exact) mass is 409 g/mol. The van der Waals surface area contributed by atoms with E-state index >= 15 is 0 Å². The molecule has 1 N–H and O–H groups in total. The van der Waals surface area contributed by atoms with Crippen LogP contribution in [0.2, 0.25) is 0 Å². The van der Waals surface area contributed by atoms with E-state index in [-0.39, 0.29) is 6.54 Å². The number of halogens is 3. The van der Waals surface area contributed by atoms with Gasteiger partial charge < -0.3 is 9.73 Å². The first-order chi connectivity index (χ1) is 13.5. The minimum absolute atomic E-state index is 0.0418. The number of furan rings is 1. The van der Waals surface area contributed by atoms with E-state index in [0.29, 0.717) is 18.8 Å². The van der Waals surface area contributed by atoms with Crippen molar-refractivity contribution in [1.82, 2.24) is 9.88 Å². The molecule has 0 atom stereocenters. The molecule has 148 valence electrons. The Kier molecular flexibility index (Phi) is 6.48. The maximum Gasteiger partial charge on any atom is 0.238 e. The first-order valence-electron chi connectivity index (χ1n) is 8.62. The fourth-order valence-corrected chi connectivity index (χ4v) is 3.44. The Morgan fingerprint density at radius 1 is 1.25 bits per heavy atom. The predicted molar refractivity (Wildman–Crippen MR) is 100 cm³/mol. The highest BCUT2D eigenvalue weighted by Crippen LogP contribution is 2.24. The Hall–Kier alpha value is -2.65. The van der Waals surface area contributed by atoms with Crippen molar-refractivity contribution in [2.24, 2.45) is 0 Å². The van der Waals surface area contributed by atoms with Gasteiger partial charge in [-0.05, 0) is 37.2 Å². The topological polar surface area (TPSA) is 58.4 Å². The molecule has 3 rings (SSSR count). The molecular formula is C19H18F3N3O2S. The third-order valence-corrected chi connectivity index (χ3v) is 4.79. The molecule has 0 saturated heterocycles. The van der Waals surface area contributed by atoms with Gasteiger partial charge in [-0.3, -0.25) is 9.69 Å². The van der Waals surface area contributed by atoms with E-state index in [1.54, 1.807) is 12.3 Å². The van der Waals surface area contributed by atoms with Gasteiger partial charge in [-0.2, -0.15) is 0 Å². The van der Waals surface area contributed by atoms with E-state index < -0.39 is 29.0 Å². The Labute approximate surface area is 163 Å². The number of benzene rings is 1. The molecule has 0 unspecified atom stereocenters. The number of amides is 1. The van der Waals surface area contributed by atoms with Gasteiger partial charge in [-0.1, -0.05) is 6.92 Å². The highest BCUT2D eigenvalue weighted by Gasteiger charge is 2.18. The van der Waals surface area contributed by atoms with Crippen LogP contribution in [0.15, 0.2) is 40.3 Å². The van der Waals surface area contributed by atoms with Gasteiger partial charge in [0, 0.05) is 11.9 Å². The molecule has 5 nitrogen and oxygen atoms in total. The maximum absolute atomic E-state index is 13.7. The second-order valence-corrected chi connectivity index (χ2v) is 6.96. The highest BCUT2D eigenvalue weighted by molar-refractivity contribution is 7.13. The van der Waals surface area contributed by atoms with Crippen LogP contribution in [0.5, 0.6) is 0 Å². The summed E-state index contributed by atoms with van der Waals surface area (Å²) in [4.78, 5) is 18.6. The summed E-state index contributed by atoms with van der Waals surface area (Å²) in [7, 11) is 0. The van der Waals surface area contributed by atoms with E-state index in [2.05, 4.69) is 10.3 Å². The number of aromatic nitrogens is 1. The summed E-state index contributed by atoms with van der Waals surface area (Å²) in [6, 6.07) is 5.35. The van der Waals surface area contributed by atoms with Crippen molar-refractivity contribution < 1.29 is 22.4 Å². The first kappa shape index (κ1) is 20.1. The summed E-state index contributed by atoms with van der Waals surface area (Å²) in [5.41, 5.74) is 0.380. The SMILES string of the molecule is CCCN(CC(=O)Nc1ccc(F)c(F)c1F)Cc1csc(-c2ccco2)n1. The minimum atomic E-state index is -1.61. The molecular weight excluding hydrogens is 391 g/mol. The quantitative estimate of drug-likeness (QED) is 0.549. The summed E-state index contributed by atoms with van der Waals surface area (Å²) < 4.78 is 45.4. The molecule has 0 saturated carbocycles. The molecule has 28 heavy (non-hydrogen) atoms. The summed E-state index contributed by atoms with van der Waals surface area (Å²) >= 11 is 1.43. The maximum atomic E-state index is 13.7. The van der Waals surface area contributed by atoms with Crippen LogP contribution in [0, 0.1) is 17.5 Å². The lowest BCUT2D eigenvalue weighted by molar-refractivity contribution is -0.117. The third-order valence-electron chi connectivity index (χ3n) is 3.89. The molecule has 1 amide bonds. The summed E-state index contributed by atoms with van der Waals surface area (Å²) in [5.74, 6) is -4.20. The van der Waals surface area contributed by atoms with Gasteiger partial charge in [0.15, 0.2) is 28.2 Å². The van der Waals surface area contributed by atoms with Crippen molar-refractivity contribution in [2.45, 2.75) is 19.9 Å². The van der Waals surface area contributed by atoms with Crippen LogP contribution >= 0.6 is 11.3 Å². The number of nitrogens with zero attached hydrogens (tertiary/aromatic N) is 2. The van der Waals surface area contributed by atoms with Crippen LogP contribution in [0.1, 0.15) is 19.0 Å². The van der Waals surface area contributed by atoms with Crippen molar-refractivity contribution in [2.75, 3.05) is 18.4 Å². The van der Waals surface area contributed by atoms with E-state index in [0.717, 1.165) is 29.3 Å². The van der Waals surface area contributed by atoms with Crippen molar-refractivity contribution in [3.63, 3.8) is 0 Å². The van der Waals surface area contributed by atoms with E-state index in [1.165, 1.54) is 11.3 Å². The number of anilines is 1. The smallest absolute Gasteiger partial charge is 0.238 e. The zero-order valence-electron chi connectivity index (χ0n) is 15.0. The zero-order valence-corrected chi connectivity index (χ0v) is 15.9. The molecule has 0 aliphatic heterocycles. The molecule has 0 aliphatic rings. The predicted octanol–water partition coefficient (Wildman–Crippen LogP) is 4.67. The number of carbonyl (C=O) groups is 1. The number of rotatable bonds is 8. The molecule has 0 bridgehead atoms. The fraction of sp³-hybridized carbons (Fsp3) is 0.263. The van der Waals surface area contributed by atoms with E-state index in [9.17, 15) is 18.0 Å². The third kappa shape index (κ3) is 4.79. The van der Waals surface area contributed by atoms with Gasteiger partial charge in [0.05, 0.1) is 24.2 Å². The number of carbonyl (C=O) groups excluding carboxylic acids is 1. The van der Waals surface area contributed by atoms with Gasteiger partial charge >= 0.3 is 0 Å². The van der Waals surface area contributed by atoms with Crippen molar-refractivity contribution in [3.8, 4) is 10.8 Å². The molecule has 0 aliphatic carbocycles. The highest BCUT2D eigenvalue weighted by atomic mass is 32.1. The summed E-state index contributed by atoms with van der Waals surface area (Å²) in [6.07, 6.45) is 2.36. The lowest BCUT2D eigenvalue weighted by atomic mass is 10.2. The number of hydrogen-bond donors (Lipinski definition) is 1. The summed E-state index contributed by atoms with van der Waals surface area (Å²) in [6.45, 7) is 2.95. The lowest BCUT2D eigenvalue weighted by Gasteiger charge is -2.20. The molecule has 1 aromatic carbocycles. The fourth-order valence-electron chi connectivity index (χ4n) is 2.67. The van der Waals surface area contributed by atoms with Gasteiger partial charge in [0.1, 0.15) is 0 Å². The van der Waals surface area contributed by atoms with Crippen LogP contribution in [-0.2, 0) is 11.3 Å². The standard InChI is InChI=1S/C19H18F3N3O2S/c1-2-7-25(9-12-11-28-19(23-12)15-4-3-8-27-15)10-16(26)24-14-6-5-13(20)17(21)18(14)22/h3-6,8,11H,2,7,9-10H2,1H3,(H,24,26). The van der Waals surface area contributed by atoms with Crippen molar-refractivity contribution in [3.05, 3.63) is 59.1 Å². The normalized spacial score (nSPS) is 11.2. The van der Waals surface area contributed by atoms with E-state index in [1.807, 2.05) is 23.3 Å². The number of thiazole rings is 1. The van der Waals surface area contributed by atoms with Crippen LogP contribution in [0.3, 0.4) is 0 Å².